The molecule has 3 saturated carbocycles. The number of rotatable bonds is 12. The van der Waals surface area contributed by atoms with Gasteiger partial charge in [0.1, 0.15) is 17.2 Å². The summed E-state index contributed by atoms with van der Waals surface area (Å²) >= 11 is 1.57. The lowest BCUT2D eigenvalue weighted by Gasteiger charge is -2.71. The van der Waals surface area contributed by atoms with E-state index in [0.717, 1.165) is 62.1 Å². The van der Waals surface area contributed by atoms with Crippen molar-refractivity contribution >= 4 is 23.3 Å². The van der Waals surface area contributed by atoms with Crippen molar-refractivity contribution in [3.63, 3.8) is 0 Å². The van der Waals surface area contributed by atoms with Crippen LogP contribution >= 0.6 is 11.3 Å². The van der Waals surface area contributed by atoms with Crippen LogP contribution in [-0.4, -0.2) is 54.0 Å². The number of thiazole rings is 1. The van der Waals surface area contributed by atoms with Crippen LogP contribution in [0.2, 0.25) is 0 Å². The van der Waals surface area contributed by atoms with Crippen molar-refractivity contribution in [3.05, 3.63) is 27.7 Å². The molecular weight excluding hydrogens is 663 g/mol. The van der Waals surface area contributed by atoms with Crippen LogP contribution < -0.4 is 11.5 Å². The molecule has 0 spiro atoms. The molecule has 9 nitrogen and oxygen atoms in total. The molecule has 2 bridgehead atoms. The fraction of sp³-hybridized carbons (Fsp3) is 0.829. The third kappa shape index (κ3) is 6.15. The summed E-state index contributed by atoms with van der Waals surface area (Å²) in [5, 5.41) is 14.0. The van der Waals surface area contributed by atoms with Gasteiger partial charge in [-0.2, -0.15) is 0 Å². The highest BCUT2D eigenvalue weighted by molar-refractivity contribution is 7.09. The topological polar surface area (TPSA) is 147 Å². The van der Waals surface area contributed by atoms with Gasteiger partial charge in [0.05, 0.1) is 37.5 Å². The average Bonchev–Trinajstić information content (AvgIpc) is 3.53. The minimum Gasteiger partial charge on any atom is -0.481 e. The predicted octanol–water partition coefficient (Wildman–Crippen LogP) is 7.68. The Hall–Kier alpha value is -1.85. The minimum absolute atomic E-state index is 0.117. The number of carbonyl (C=O) groups excluding carboxylic acids is 1. The quantitative estimate of drug-likeness (QED) is 0.112. The van der Waals surface area contributed by atoms with Gasteiger partial charge in [-0.15, -0.1) is 11.3 Å². The summed E-state index contributed by atoms with van der Waals surface area (Å²) in [6.07, 6.45) is 9.76. The van der Waals surface area contributed by atoms with Crippen molar-refractivity contribution in [2.75, 3.05) is 19.8 Å². The molecule has 0 radical (unpaired) electrons. The van der Waals surface area contributed by atoms with Gasteiger partial charge in [-0.05, 0) is 97.8 Å². The zero-order valence-electron chi connectivity index (χ0n) is 32.5. The molecule has 286 valence electrons. The average molecular weight is 728 g/mol. The number of carboxylic acid groups (broad SMARTS) is 1. The summed E-state index contributed by atoms with van der Waals surface area (Å²) in [5.74, 6) is -0.153. The van der Waals surface area contributed by atoms with Crippen LogP contribution in [0, 0.1) is 56.7 Å². The molecule has 51 heavy (non-hydrogen) atoms. The minimum atomic E-state index is -0.649. The second-order valence-electron chi connectivity index (χ2n) is 18.5. The number of aliphatic carboxylic acids is 1. The molecule has 1 aromatic heterocycles. The number of hydrogen-bond donors (Lipinski definition) is 3. The molecule has 0 aromatic carbocycles. The summed E-state index contributed by atoms with van der Waals surface area (Å²) in [5.41, 5.74) is 12.9. The molecule has 0 amide bonds. The lowest BCUT2D eigenvalue weighted by Crippen LogP contribution is -2.70. The third-order valence-electron chi connectivity index (χ3n) is 15.7. The number of esters is 1. The van der Waals surface area contributed by atoms with Gasteiger partial charge in [-0.25, -0.2) is 4.98 Å². The van der Waals surface area contributed by atoms with Gasteiger partial charge in [0.15, 0.2) is 0 Å². The van der Waals surface area contributed by atoms with E-state index in [1.54, 1.807) is 11.3 Å². The van der Waals surface area contributed by atoms with Gasteiger partial charge in [0.25, 0.3) is 0 Å². The van der Waals surface area contributed by atoms with Crippen LogP contribution in [0.15, 0.2) is 17.0 Å². The molecule has 1 aliphatic heterocycles. The van der Waals surface area contributed by atoms with Gasteiger partial charge in [-0.1, -0.05) is 66.5 Å². The number of ether oxygens (including phenoxy) is 3. The predicted molar refractivity (Wildman–Crippen MR) is 200 cm³/mol. The van der Waals surface area contributed by atoms with Gasteiger partial charge >= 0.3 is 11.9 Å². The first-order valence-corrected chi connectivity index (χ1v) is 20.6. The molecule has 1 aromatic rings. The standard InChI is InChI=1S/C41H65N3O6S/c1-24(2)25(3)37(5)16-17-39(7)28-12-13-32-38(6)22-48-23-41(32,29(28)14-15-40(39,8)33(37)36(46)47)19-31(50-26(4)45)34(38)49-20-27-21-51-35(44-27)30(43)11-9-10-18-42/h14,21,24-25,28,30-34H,9-13,15-20,22-23,42-43H2,1-8H3,(H,46,47)/t25-,28+,30+,31-,32?,33-,34+,37-,38+,39-,40+,41+/m1/s1. The van der Waals surface area contributed by atoms with Crippen molar-refractivity contribution in [3.8, 4) is 0 Å². The Morgan fingerprint density at radius 1 is 1.10 bits per heavy atom. The summed E-state index contributed by atoms with van der Waals surface area (Å²) in [6, 6.07) is -0.117. The van der Waals surface area contributed by atoms with E-state index in [1.807, 2.05) is 5.38 Å². The molecule has 4 fully saturated rings. The van der Waals surface area contributed by atoms with Crippen molar-refractivity contribution < 1.29 is 28.9 Å². The second-order valence-corrected chi connectivity index (χ2v) is 19.4. The van der Waals surface area contributed by atoms with Crippen LogP contribution in [-0.2, 0) is 30.4 Å². The maximum Gasteiger partial charge on any atom is 0.307 e. The Bertz CT molecular complexity index is 1500. The number of allylic oxidation sites excluding steroid dienone is 1. The maximum atomic E-state index is 13.4. The molecule has 2 heterocycles. The summed E-state index contributed by atoms with van der Waals surface area (Å²) in [7, 11) is 0. The second kappa shape index (κ2) is 14.1. The van der Waals surface area contributed by atoms with Gasteiger partial charge in [0, 0.05) is 23.1 Å². The highest BCUT2D eigenvalue weighted by Crippen LogP contribution is 2.75. The van der Waals surface area contributed by atoms with E-state index in [1.165, 1.54) is 12.5 Å². The first-order chi connectivity index (χ1) is 24.0. The van der Waals surface area contributed by atoms with E-state index in [-0.39, 0.29) is 57.0 Å². The number of unbranched alkanes of at least 4 members (excludes halogenated alkanes) is 1. The molecule has 5 N–H and O–H groups in total. The summed E-state index contributed by atoms with van der Waals surface area (Å²) < 4.78 is 19.7. The van der Waals surface area contributed by atoms with E-state index in [9.17, 15) is 14.7 Å². The van der Waals surface area contributed by atoms with Crippen LogP contribution in [0.5, 0.6) is 0 Å². The Balaban J connectivity index is 1.32. The molecule has 1 unspecified atom stereocenters. The van der Waals surface area contributed by atoms with E-state index < -0.39 is 18.0 Å². The van der Waals surface area contributed by atoms with E-state index in [4.69, 9.17) is 30.7 Å². The fourth-order valence-electron chi connectivity index (χ4n) is 12.6. The molecule has 5 aliphatic rings. The van der Waals surface area contributed by atoms with Crippen LogP contribution in [0.4, 0.5) is 0 Å². The van der Waals surface area contributed by atoms with Gasteiger partial charge < -0.3 is 30.8 Å². The normalized spacial score (nSPS) is 41.5. The zero-order chi connectivity index (χ0) is 37.1. The van der Waals surface area contributed by atoms with E-state index >= 15 is 0 Å². The first-order valence-electron chi connectivity index (χ1n) is 19.7. The number of nitrogens with two attached hydrogens (primary N) is 2. The number of fused-ring (bicyclic) bond motifs is 3. The maximum absolute atomic E-state index is 13.4. The van der Waals surface area contributed by atoms with Crippen molar-refractivity contribution in [1.82, 2.24) is 4.98 Å². The molecule has 12 atom stereocenters. The number of nitrogens with zero attached hydrogens (tertiary/aromatic N) is 1. The molecule has 4 aliphatic carbocycles. The third-order valence-corrected chi connectivity index (χ3v) is 16.7. The van der Waals surface area contributed by atoms with Crippen molar-refractivity contribution in [1.29, 1.82) is 0 Å². The molecular formula is C41H65N3O6S. The SMILES string of the molecule is CC(=O)O[C@@H]1C[C@@]23COC[C@@](C)(C2CC[C@H]2C3=CC[C@@]3(C)[C@H](C(=O)O)[C@@](C)([C@H](C)C(C)C)CC[C@]23C)[C@H]1OCc1csc([C@@H](N)CCCCN)n1. The van der Waals surface area contributed by atoms with E-state index in [0.29, 0.717) is 44.6 Å². The monoisotopic (exact) mass is 727 g/mol. The number of carboxylic acids is 1. The van der Waals surface area contributed by atoms with Crippen molar-refractivity contribution in [2.24, 2.45) is 68.1 Å². The van der Waals surface area contributed by atoms with Crippen LogP contribution in [0.1, 0.15) is 130 Å². The molecule has 1 saturated heterocycles. The fourth-order valence-corrected chi connectivity index (χ4v) is 13.4. The lowest BCUT2D eigenvalue weighted by molar-refractivity contribution is -0.269. The Labute approximate surface area is 310 Å². The highest BCUT2D eigenvalue weighted by Gasteiger charge is 2.72. The summed E-state index contributed by atoms with van der Waals surface area (Å²) in [4.78, 5) is 31.0. The van der Waals surface area contributed by atoms with Gasteiger partial charge in [0.2, 0.25) is 0 Å². The Kier molecular flexibility index (Phi) is 10.7. The zero-order valence-corrected chi connectivity index (χ0v) is 33.3. The number of hydrogen-bond acceptors (Lipinski definition) is 9. The van der Waals surface area contributed by atoms with Crippen molar-refractivity contribution in [2.45, 2.75) is 138 Å². The highest BCUT2D eigenvalue weighted by atomic mass is 32.1. The van der Waals surface area contributed by atoms with Crippen LogP contribution in [0.25, 0.3) is 0 Å². The van der Waals surface area contributed by atoms with E-state index in [2.05, 4.69) is 54.5 Å². The molecule has 6 rings (SSSR count). The summed E-state index contributed by atoms with van der Waals surface area (Å²) in [6.45, 7) is 19.6. The molecule has 10 heteroatoms. The van der Waals surface area contributed by atoms with Crippen LogP contribution in [0.3, 0.4) is 0 Å². The smallest absolute Gasteiger partial charge is 0.307 e. The van der Waals surface area contributed by atoms with Gasteiger partial charge in [-0.3, -0.25) is 9.59 Å². The first kappa shape index (κ1) is 38.9. The number of aromatic nitrogens is 1. The Morgan fingerprint density at radius 3 is 2.51 bits per heavy atom. The largest absolute Gasteiger partial charge is 0.481 e. The number of carbonyl (C=O) groups is 2. The Morgan fingerprint density at radius 2 is 1.84 bits per heavy atom. The lowest BCUT2D eigenvalue weighted by atomic mass is 9.34.